The number of hydrogen-bond acceptors (Lipinski definition) is 3. The van der Waals surface area contributed by atoms with Gasteiger partial charge in [0.1, 0.15) is 6.61 Å². The molecule has 0 rings (SSSR count). The van der Waals surface area contributed by atoms with Crippen LogP contribution in [0.3, 0.4) is 0 Å². The van der Waals surface area contributed by atoms with Gasteiger partial charge in [0.05, 0.1) is 0 Å². The second-order valence-electron chi connectivity index (χ2n) is 2.62. The van der Waals surface area contributed by atoms with Gasteiger partial charge in [0.25, 0.3) is 0 Å². The lowest BCUT2D eigenvalue weighted by atomic mass is 10.3. The van der Waals surface area contributed by atoms with E-state index in [0.717, 1.165) is 13.1 Å². The Labute approximate surface area is 78.6 Å². The molecule has 0 saturated carbocycles. The zero-order chi connectivity index (χ0) is 9.56. The van der Waals surface area contributed by atoms with Gasteiger partial charge in [0.2, 0.25) is 0 Å². The van der Waals surface area contributed by atoms with E-state index in [1.54, 1.807) is 0 Å². The summed E-state index contributed by atoms with van der Waals surface area (Å²) in [6.07, 6.45) is 0. The number of carbonyl (C=O) groups excluding carboxylic acids is 1. The third kappa shape index (κ3) is 4.57. The van der Waals surface area contributed by atoms with Gasteiger partial charge in [-0.05, 0) is 20.0 Å². The molecule has 1 atom stereocenters. The van der Waals surface area contributed by atoms with E-state index in [9.17, 15) is 4.79 Å². The Balaban J connectivity index is 3.68. The van der Waals surface area contributed by atoms with Crippen LogP contribution in [0.25, 0.3) is 0 Å². The van der Waals surface area contributed by atoms with Gasteiger partial charge in [0.15, 0.2) is 0 Å². The molecule has 72 valence electrons. The molecular weight excluding hydrogens is 178 g/mol. The van der Waals surface area contributed by atoms with Crippen LogP contribution >= 0.6 is 11.6 Å². The monoisotopic (exact) mass is 193 g/mol. The number of nitrogens with zero attached hydrogens (tertiary/aromatic N) is 1. The summed E-state index contributed by atoms with van der Waals surface area (Å²) in [5.74, 6) is 0. The number of ether oxygens (including phenoxy) is 1. The van der Waals surface area contributed by atoms with E-state index in [2.05, 4.69) is 23.5 Å². The highest BCUT2D eigenvalue weighted by atomic mass is 35.5. The van der Waals surface area contributed by atoms with E-state index >= 15 is 0 Å². The highest BCUT2D eigenvalue weighted by Crippen LogP contribution is 2.00. The third-order valence-corrected chi connectivity index (χ3v) is 1.98. The summed E-state index contributed by atoms with van der Waals surface area (Å²) in [4.78, 5) is 12.5. The van der Waals surface area contributed by atoms with E-state index in [0.29, 0.717) is 6.61 Å². The van der Waals surface area contributed by atoms with E-state index < -0.39 is 5.43 Å². The summed E-state index contributed by atoms with van der Waals surface area (Å²) >= 11 is 5.03. The minimum Gasteiger partial charge on any atom is -0.452 e. The lowest BCUT2D eigenvalue weighted by molar-refractivity contribution is 0.118. The molecule has 0 aliphatic heterocycles. The average molecular weight is 194 g/mol. The smallest absolute Gasteiger partial charge is 0.403 e. The first-order valence-corrected chi connectivity index (χ1v) is 4.55. The Hall–Kier alpha value is -0.280. The van der Waals surface area contributed by atoms with Gasteiger partial charge in [-0.3, -0.25) is 4.90 Å². The normalized spacial score (nSPS) is 13.1. The minimum atomic E-state index is -0.728. The minimum absolute atomic E-state index is 0.239. The maximum Gasteiger partial charge on any atom is 0.403 e. The van der Waals surface area contributed by atoms with Crippen molar-refractivity contribution in [2.24, 2.45) is 0 Å². The van der Waals surface area contributed by atoms with Gasteiger partial charge >= 0.3 is 5.43 Å². The van der Waals surface area contributed by atoms with Crippen molar-refractivity contribution in [2.75, 3.05) is 19.7 Å². The molecule has 0 heterocycles. The first-order chi connectivity index (χ1) is 5.61. The summed E-state index contributed by atoms with van der Waals surface area (Å²) in [7, 11) is 0. The lowest BCUT2D eigenvalue weighted by Crippen LogP contribution is -2.36. The molecule has 0 spiro atoms. The predicted octanol–water partition coefficient (Wildman–Crippen LogP) is 2.09. The van der Waals surface area contributed by atoms with Crippen LogP contribution in [0.1, 0.15) is 20.8 Å². The molecule has 0 aromatic heterocycles. The number of halogens is 1. The second kappa shape index (κ2) is 6.26. The van der Waals surface area contributed by atoms with E-state index in [1.807, 2.05) is 6.92 Å². The van der Waals surface area contributed by atoms with Crippen LogP contribution < -0.4 is 0 Å². The van der Waals surface area contributed by atoms with E-state index in [1.165, 1.54) is 0 Å². The highest BCUT2D eigenvalue weighted by Gasteiger charge is 2.11. The van der Waals surface area contributed by atoms with E-state index in [-0.39, 0.29) is 6.04 Å². The van der Waals surface area contributed by atoms with Crippen LogP contribution in [0.5, 0.6) is 0 Å². The van der Waals surface area contributed by atoms with Crippen molar-refractivity contribution >= 4 is 17.0 Å². The fourth-order valence-electron chi connectivity index (χ4n) is 1.14. The van der Waals surface area contributed by atoms with Crippen LogP contribution in [0.15, 0.2) is 0 Å². The van der Waals surface area contributed by atoms with Crippen molar-refractivity contribution < 1.29 is 9.53 Å². The molecule has 0 aliphatic rings. The molecule has 0 saturated heterocycles. The maximum absolute atomic E-state index is 10.3. The molecule has 0 aliphatic carbocycles. The van der Waals surface area contributed by atoms with E-state index in [4.69, 9.17) is 11.6 Å². The first kappa shape index (κ1) is 11.7. The van der Waals surface area contributed by atoms with Crippen LogP contribution in [0.2, 0.25) is 0 Å². The van der Waals surface area contributed by atoms with Crippen LogP contribution in [-0.2, 0) is 4.74 Å². The zero-order valence-electron chi connectivity index (χ0n) is 7.84. The van der Waals surface area contributed by atoms with Crippen molar-refractivity contribution in [3.8, 4) is 0 Å². The van der Waals surface area contributed by atoms with Gasteiger partial charge in [-0.25, -0.2) is 4.79 Å². The Kier molecular flexibility index (Phi) is 6.11. The quantitative estimate of drug-likeness (QED) is 0.627. The van der Waals surface area contributed by atoms with Crippen molar-refractivity contribution in [1.82, 2.24) is 4.90 Å². The highest BCUT2D eigenvalue weighted by molar-refractivity contribution is 6.61. The molecule has 1 unspecified atom stereocenters. The van der Waals surface area contributed by atoms with Crippen LogP contribution in [0, 0.1) is 0 Å². The van der Waals surface area contributed by atoms with Gasteiger partial charge in [0, 0.05) is 17.6 Å². The molecular formula is C8H16ClNO2. The predicted molar refractivity (Wildman–Crippen MR) is 49.6 cm³/mol. The number of hydrogen-bond donors (Lipinski definition) is 0. The van der Waals surface area contributed by atoms with Gasteiger partial charge in [-0.15, -0.1) is 0 Å². The molecule has 0 N–H and O–H groups in total. The molecule has 0 fully saturated rings. The Morgan fingerprint density at radius 1 is 1.50 bits per heavy atom. The summed E-state index contributed by atoms with van der Waals surface area (Å²) in [6.45, 7) is 8.43. The van der Waals surface area contributed by atoms with Crippen molar-refractivity contribution in [3.63, 3.8) is 0 Å². The summed E-state index contributed by atoms with van der Waals surface area (Å²) < 4.78 is 4.67. The fourth-order valence-corrected chi connectivity index (χ4v) is 1.20. The Morgan fingerprint density at radius 3 is 2.33 bits per heavy atom. The Morgan fingerprint density at radius 2 is 2.00 bits per heavy atom. The second-order valence-corrected chi connectivity index (χ2v) is 2.93. The molecule has 3 nitrogen and oxygen atoms in total. The average Bonchev–Trinajstić information content (AvgIpc) is 2.03. The molecule has 0 bridgehead atoms. The third-order valence-electron chi connectivity index (χ3n) is 1.87. The summed E-state index contributed by atoms with van der Waals surface area (Å²) in [5.41, 5.74) is -0.728. The van der Waals surface area contributed by atoms with Crippen LogP contribution in [-0.4, -0.2) is 36.1 Å². The number of carbonyl (C=O) groups is 1. The van der Waals surface area contributed by atoms with Gasteiger partial charge in [-0.1, -0.05) is 13.8 Å². The zero-order valence-corrected chi connectivity index (χ0v) is 8.60. The topological polar surface area (TPSA) is 29.5 Å². The van der Waals surface area contributed by atoms with Crippen molar-refractivity contribution in [3.05, 3.63) is 0 Å². The summed E-state index contributed by atoms with van der Waals surface area (Å²) in [6, 6.07) is 0.239. The maximum atomic E-state index is 10.3. The largest absolute Gasteiger partial charge is 0.452 e. The van der Waals surface area contributed by atoms with Crippen molar-refractivity contribution in [1.29, 1.82) is 0 Å². The molecule has 0 aromatic rings. The number of likely N-dealkylation sites (N-methyl/N-ethyl adjacent to an activating group) is 1. The summed E-state index contributed by atoms with van der Waals surface area (Å²) in [5, 5.41) is 0. The SMILES string of the molecule is CCN(CC)C(C)COC(=O)Cl. The fraction of sp³-hybridized carbons (Fsp3) is 0.875. The molecule has 12 heavy (non-hydrogen) atoms. The van der Waals surface area contributed by atoms with Gasteiger partial charge < -0.3 is 4.74 Å². The van der Waals surface area contributed by atoms with Crippen LogP contribution in [0.4, 0.5) is 4.79 Å². The standard InChI is InChI=1S/C8H16ClNO2/c1-4-10(5-2)7(3)6-12-8(9)11/h7H,4-6H2,1-3H3. The molecule has 0 amide bonds. The first-order valence-electron chi connectivity index (χ1n) is 4.18. The van der Waals surface area contributed by atoms with Gasteiger partial charge in [-0.2, -0.15) is 0 Å². The molecule has 0 radical (unpaired) electrons. The number of rotatable bonds is 5. The molecule has 4 heteroatoms. The molecule has 0 aromatic carbocycles. The Bertz CT molecular complexity index is 137. The lowest BCUT2D eigenvalue weighted by Gasteiger charge is -2.25. The van der Waals surface area contributed by atoms with Crippen molar-refractivity contribution in [2.45, 2.75) is 26.8 Å².